The molecule has 1 amide bonds. The molecule has 1 aliphatic heterocycles. The zero-order chi connectivity index (χ0) is 15.4. The Balaban J connectivity index is 0.00000192. The number of anilines is 1. The van der Waals surface area contributed by atoms with Crippen molar-refractivity contribution < 1.29 is 9.53 Å². The lowest BCUT2D eigenvalue weighted by Gasteiger charge is -2.06. The first-order valence-electron chi connectivity index (χ1n) is 7.21. The van der Waals surface area contributed by atoms with Crippen LogP contribution in [0.15, 0.2) is 24.3 Å². The third-order valence-corrected chi connectivity index (χ3v) is 4.46. The molecule has 0 aliphatic carbocycles. The third-order valence-electron chi connectivity index (χ3n) is 3.62. The number of carbonyl (C=O) groups excluding carboxylic acids is 1. The zero-order valence-corrected chi connectivity index (χ0v) is 14.4. The van der Waals surface area contributed by atoms with Gasteiger partial charge >= 0.3 is 0 Å². The Hall–Kier alpha value is -1.70. The number of benzene rings is 1. The SMILES string of the molecule is COc1cccc(Cc2nnc(NC(=O)C3CCNC3)s2)c1.Cl. The standard InChI is InChI=1S/C15H18N4O2S.ClH/c1-21-12-4-2-3-10(7-12)8-13-18-19-15(22-13)17-14(20)11-5-6-16-9-11;/h2-4,7,11,16H,5-6,8-9H2,1H3,(H,17,19,20);1H. The Morgan fingerprint density at radius 2 is 2.35 bits per heavy atom. The van der Waals surface area contributed by atoms with Crippen molar-refractivity contribution in [2.45, 2.75) is 12.8 Å². The summed E-state index contributed by atoms with van der Waals surface area (Å²) in [5.74, 6) is 0.879. The lowest BCUT2D eigenvalue weighted by atomic mass is 10.1. The molecule has 1 atom stereocenters. The molecule has 2 N–H and O–H groups in total. The summed E-state index contributed by atoms with van der Waals surface area (Å²) in [6.45, 7) is 1.64. The number of nitrogens with one attached hydrogen (secondary N) is 2. The van der Waals surface area contributed by atoms with Crippen molar-refractivity contribution in [3.63, 3.8) is 0 Å². The van der Waals surface area contributed by atoms with E-state index in [2.05, 4.69) is 20.8 Å². The summed E-state index contributed by atoms with van der Waals surface area (Å²) in [4.78, 5) is 12.0. The van der Waals surface area contributed by atoms with Crippen LogP contribution in [0, 0.1) is 5.92 Å². The minimum Gasteiger partial charge on any atom is -0.497 e. The molecule has 1 aromatic carbocycles. The van der Waals surface area contributed by atoms with Crippen LogP contribution in [-0.4, -0.2) is 36.3 Å². The van der Waals surface area contributed by atoms with Gasteiger partial charge in [0.05, 0.1) is 13.0 Å². The highest BCUT2D eigenvalue weighted by molar-refractivity contribution is 7.15. The van der Waals surface area contributed by atoms with E-state index in [9.17, 15) is 4.79 Å². The van der Waals surface area contributed by atoms with E-state index in [1.165, 1.54) is 11.3 Å². The average Bonchev–Trinajstić information content (AvgIpc) is 3.19. The molecule has 6 nitrogen and oxygen atoms in total. The summed E-state index contributed by atoms with van der Waals surface area (Å²) >= 11 is 1.41. The van der Waals surface area contributed by atoms with E-state index in [1.807, 2.05) is 24.3 Å². The molecule has 1 fully saturated rings. The summed E-state index contributed by atoms with van der Waals surface area (Å²) in [6, 6.07) is 7.85. The van der Waals surface area contributed by atoms with Crippen molar-refractivity contribution in [1.82, 2.24) is 15.5 Å². The summed E-state index contributed by atoms with van der Waals surface area (Å²) in [5, 5.41) is 15.7. The number of halogens is 1. The highest BCUT2D eigenvalue weighted by Crippen LogP contribution is 2.21. The van der Waals surface area contributed by atoms with Crippen LogP contribution < -0.4 is 15.4 Å². The number of rotatable bonds is 5. The quantitative estimate of drug-likeness (QED) is 0.860. The molecule has 2 aromatic rings. The molecule has 8 heteroatoms. The topological polar surface area (TPSA) is 76.1 Å². The van der Waals surface area contributed by atoms with Crippen molar-refractivity contribution >= 4 is 34.8 Å². The normalized spacial score (nSPS) is 16.7. The number of methoxy groups -OCH3 is 1. The lowest BCUT2D eigenvalue weighted by Crippen LogP contribution is -2.24. The number of ether oxygens (including phenoxy) is 1. The second-order valence-corrected chi connectivity index (χ2v) is 6.27. The summed E-state index contributed by atoms with van der Waals surface area (Å²) in [5.41, 5.74) is 1.10. The number of nitrogens with zero attached hydrogens (tertiary/aromatic N) is 2. The van der Waals surface area contributed by atoms with Crippen molar-refractivity contribution in [2.75, 3.05) is 25.5 Å². The van der Waals surface area contributed by atoms with Crippen LogP contribution in [0.25, 0.3) is 0 Å². The van der Waals surface area contributed by atoms with Crippen LogP contribution >= 0.6 is 23.7 Å². The Morgan fingerprint density at radius 1 is 1.48 bits per heavy atom. The predicted molar refractivity (Wildman–Crippen MR) is 92.6 cm³/mol. The first kappa shape index (κ1) is 17.7. The molecule has 1 aliphatic rings. The van der Waals surface area contributed by atoms with E-state index < -0.39 is 0 Å². The van der Waals surface area contributed by atoms with E-state index in [0.29, 0.717) is 11.6 Å². The Bertz CT molecular complexity index is 658. The molecule has 1 unspecified atom stereocenters. The van der Waals surface area contributed by atoms with Crippen LogP contribution in [0.3, 0.4) is 0 Å². The van der Waals surface area contributed by atoms with E-state index in [1.54, 1.807) is 7.11 Å². The Morgan fingerprint density at radius 3 is 3.09 bits per heavy atom. The van der Waals surface area contributed by atoms with Crippen LogP contribution in [0.1, 0.15) is 17.0 Å². The highest BCUT2D eigenvalue weighted by Gasteiger charge is 2.23. The Labute approximate surface area is 145 Å². The Kier molecular flexibility index (Phi) is 6.32. The number of amides is 1. The summed E-state index contributed by atoms with van der Waals surface area (Å²) < 4.78 is 5.21. The van der Waals surface area contributed by atoms with Crippen molar-refractivity contribution in [3.8, 4) is 5.75 Å². The number of aromatic nitrogens is 2. The maximum Gasteiger partial charge on any atom is 0.230 e. The second kappa shape index (κ2) is 8.24. The fourth-order valence-electron chi connectivity index (χ4n) is 2.42. The smallest absolute Gasteiger partial charge is 0.230 e. The van der Waals surface area contributed by atoms with E-state index in [-0.39, 0.29) is 24.2 Å². The van der Waals surface area contributed by atoms with Gasteiger partial charge in [-0.15, -0.1) is 22.6 Å². The fraction of sp³-hybridized carbons (Fsp3) is 0.400. The van der Waals surface area contributed by atoms with E-state index >= 15 is 0 Å². The van der Waals surface area contributed by atoms with Gasteiger partial charge in [0.2, 0.25) is 11.0 Å². The van der Waals surface area contributed by atoms with Gasteiger partial charge in [-0.05, 0) is 30.7 Å². The largest absolute Gasteiger partial charge is 0.497 e. The second-order valence-electron chi connectivity index (χ2n) is 5.21. The molecule has 2 heterocycles. The molecule has 3 rings (SSSR count). The van der Waals surface area contributed by atoms with Gasteiger partial charge in [-0.3, -0.25) is 4.79 Å². The van der Waals surface area contributed by atoms with Crippen molar-refractivity contribution in [3.05, 3.63) is 34.8 Å². The van der Waals surface area contributed by atoms with Crippen LogP contribution in [0.2, 0.25) is 0 Å². The third kappa shape index (κ3) is 4.63. The van der Waals surface area contributed by atoms with Crippen LogP contribution in [-0.2, 0) is 11.2 Å². The molecule has 124 valence electrons. The van der Waals surface area contributed by atoms with Crippen molar-refractivity contribution in [1.29, 1.82) is 0 Å². The van der Waals surface area contributed by atoms with Gasteiger partial charge < -0.3 is 15.4 Å². The van der Waals surface area contributed by atoms with Gasteiger partial charge in [-0.1, -0.05) is 23.5 Å². The maximum atomic E-state index is 12.0. The first-order valence-corrected chi connectivity index (χ1v) is 8.03. The van der Waals surface area contributed by atoms with Gasteiger partial charge in [0.1, 0.15) is 10.8 Å². The van der Waals surface area contributed by atoms with Crippen molar-refractivity contribution in [2.24, 2.45) is 5.92 Å². The average molecular weight is 355 g/mol. The zero-order valence-electron chi connectivity index (χ0n) is 12.7. The van der Waals surface area contributed by atoms with Gasteiger partial charge in [0.15, 0.2) is 0 Å². The van der Waals surface area contributed by atoms with Gasteiger partial charge in [0, 0.05) is 13.0 Å². The predicted octanol–water partition coefficient (Wildman–Crippen LogP) is 2.11. The minimum atomic E-state index is 0. The molecular formula is C15H19ClN4O2S. The lowest BCUT2D eigenvalue weighted by molar-refractivity contribution is -0.119. The molecule has 0 bridgehead atoms. The molecule has 0 spiro atoms. The first-order chi connectivity index (χ1) is 10.7. The molecule has 0 saturated carbocycles. The van der Waals surface area contributed by atoms with Gasteiger partial charge in [-0.2, -0.15) is 0 Å². The molecular weight excluding hydrogens is 336 g/mol. The maximum absolute atomic E-state index is 12.0. The molecule has 1 aromatic heterocycles. The summed E-state index contributed by atoms with van der Waals surface area (Å²) in [6.07, 6.45) is 1.55. The highest BCUT2D eigenvalue weighted by atomic mass is 35.5. The van der Waals surface area contributed by atoms with Crippen LogP contribution in [0.4, 0.5) is 5.13 Å². The number of hydrogen-bond acceptors (Lipinski definition) is 6. The number of hydrogen-bond donors (Lipinski definition) is 2. The molecule has 1 saturated heterocycles. The number of carbonyl (C=O) groups is 1. The molecule has 0 radical (unpaired) electrons. The summed E-state index contributed by atoms with van der Waals surface area (Å²) in [7, 11) is 1.65. The monoisotopic (exact) mass is 354 g/mol. The fourth-order valence-corrected chi connectivity index (χ4v) is 3.20. The van der Waals surface area contributed by atoms with Crippen LogP contribution in [0.5, 0.6) is 5.75 Å². The van der Waals surface area contributed by atoms with Gasteiger partial charge in [-0.25, -0.2) is 0 Å². The molecule has 23 heavy (non-hydrogen) atoms. The van der Waals surface area contributed by atoms with Gasteiger partial charge in [0.25, 0.3) is 0 Å². The minimum absolute atomic E-state index is 0. The van der Waals surface area contributed by atoms with E-state index in [0.717, 1.165) is 35.8 Å². The van der Waals surface area contributed by atoms with E-state index in [4.69, 9.17) is 4.74 Å².